The lowest BCUT2D eigenvalue weighted by molar-refractivity contribution is -0.118. The summed E-state index contributed by atoms with van der Waals surface area (Å²) in [5, 5.41) is 0. The van der Waals surface area contributed by atoms with Crippen molar-refractivity contribution in [1.29, 1.82) is 0 Å². The Kier molecular flexibility index (Phi) is 3.58. The average Bonchev–Trinajstić information content (AvgIpc) is 2.52. The first-order chi connectivity index (χ1) is 10.5. The van der Waals surface area contributed by atoms with Gasteiger partial charge in [0.25, 0.3) is 10.0 Å². The van der Waals surface area contributed by atoms with Crippen LogP contribution in [0.4, 0.5) is 11.4 Å². The molecule has 0 aliphatic carbocycles. The van der Waals surface area contributed by atoms with Gasteiger partial charge in [-0.3, -0.25) is 14.5 Å². The summed E-state index contributed by atoms with van der Waals surface area (Å²) in [6.07, 6.45) is 3.86. The number of nitrogens with zero attached hydrogens (tertiary/aromatic N) is 2. The molecule has 0 bridgehead atoms. The lowest BCUT2D eigenvalue weighted by Crippen LogP contribution is -2.31. The molecule has 1 N–H and O–H groups in total. The number of fused-ring (bicyclic) bond motifs is 1. The van der Waals surface area contributed by atoms with Crippen molar-refractivity contribution in [3.63, 3.8) is 0 Å². The summed E-state index contributed by atoms with van der Waals surface area (Å²) >= 11 is 0. The van der Waals surface area contributed by atoms with Gasteiger partial charge in [0.2, 0.25) is 5.91 Å². The summed E-state index contributed by atoms with van der Waals surface area (Å²) in [5.74, 6) is 0.0659. The number of aryl methyl sites for hydroxylation is 1. The zero-order chi connectivity index (χ0) is 15.7. The van der Waals surface area contributed by atoms with E-state index in [4.69, 9.17) is 0 Å². The van der Waals surface area contributed by atoms with E-state index in [9.17, 15) is 13.2 Å². The molecule has 0 atom stereocenters. The van der Waals surface area contributed by atoms with Crippen LogP contribution in [0, 0.1) is 0 Å². The van der Waals surface area contributed by atoms with E-state index in [1.165, 1.54) is 18.5 Å². The second-order valence-electron chi connectivity index (χ2n) is 5.09. The molecule has 0 saturated carbocycles. The standard InChI is InChI=1S/C15H15N3O3S/c1-18-14-6-5-12(9-11(14)4-7-15(18)19)17-22(20,21)13-3-2-8-16-10-13/h2-3,5-6,8-10,17H,4,7H2,1H3. The molecule has 0 radical (unpaired) electrons. The Hall–Kier alpha value is -2.41. The van der Waals surface area contributed by atoms with Crippen LogP contribution in [0.1, 0.15) is 12.0 Å². The minimum atomic E-state index is -3.66. The van der Waals surface area contributed by atoms with Crippen LogP contribution in [-0.4, -0.2) is 26.4 Å². The van der Waals surface area contributed by atoms with Crippen LogP contribution < -0.4 is 9.62 Å². The summed E-state index contributed by atoms with van der Waals surface area (Å²) in [4.78, 5) is 17.2. The Labute approximate surface area is 128 Å². The molecule has 0 saturated heterocycles. The van der Waals surface area contributed by atoms with Crippen molar-refractivity contribution in [1.82, 2.24) is 4.98 Å². The van der Waals surface area contributed by atoms with E-state index in [-0.39, 0.29) is 10.8 Å². The Bertz CT molecular complexity index is 819. The molecule has 1 aromatic heterocycles. The summed E-state index contributed by atoms with van der Waals surface area (Å²) in [5.41, 5.74) is 2.25. The van der Waals surface area contributed by atoms with Gasteiger partial charge in [0, 0.05) is 37.2 Å². The molecule has 114 valence electrons. The van der Waals surface area contributed by atoms with E-state index in [1.807, 2.05) is 0 Å². The van der Waals surface area contributed by atoms with E-state index in [2.05, 4.69) is 9.71 Å². The van der Waals surface area contributed by atoms with Crippen LogP contribution in [0.3, 0.4) is 0 Å². The number of aromatic nitrogens is 1. The smallest absolute Gasteiger partial charge is 0.263 e. The highest BCUT2D eigenvalue weighted by molar-refractivity contribution is 7.92. The van der Waals surface area contributed by atoms with Gasteiger partial charge in [-0.2, -0.15) is 0 Å². The monoisotopic (exact) mass is 317 g/mol. The molecule has 6 nitrogen and oxygen atoms in total. The molecule has 0 fully saturated rings. The van der Waals surface area contributed by atoms with Gasteiger partial charge in [-0.15, -0.1) is 0 Å². The topological polar surface area (TPSA) is 79.4 Å². The van der Waals surface area contributed by atoms with Crippen molar-refractivity contribution in [3.8, 4) is 0 Å². The molecule has 1 aliphatic heterocycles. The van der Waals surface area contributed by atoms with E-state index in [0.717, 1.165) is 11.3 Å². The molecule has 1 aliphatic rings. The number of carbonyl (C=O) groups excluding carboxylic acids is 1. The second kappa shape index (κ2) is 5.42. The minimum absolute atomic E-state index is 0.0659. The van der Waals surface area contributed by atoms with Gasteiger partial charge in [-0.05, 0) is 42.3 Å². The number of anilines is 2. The molecular formula is C15H15N3O3S. The van der Waals surface area contributed by atoms with E-state index < -0.39 is 10.0 Å². The Morgan fingerprint density at radius 3 is 2.77 bits per heavy atom. The fraction of sp³-hybridized carbons (Fsp3) is 0.200. The van der Waals surface area contributed by atoms with Gasteiger partial charge in [0.05, 0.1) is 0 Å². The third-order valence-corrected chi connectivity index (χ3v) is 4.99. The largest absolute Gasteiger partial charge is 0.315 e. The summed E-state index contributed by atoms with van der Waals surface area (Å²) in [7, 11) is -1.94. The van der Waals surface area contributed by atoms with Gasteiger partial charge in [-0.1, -0.05) is 0 Å². The molecular weight excluding hydrogens is 302 g/mol. The van der Waals surface area contributed by atoms with Crippen LogP contribution in [0.5, 0.6) is 0 Å². The van der Waals surface area contributed by atoms with Gasteiger partial charge in [0.15, 0.2) is 0 Å². The molecule has 7 heteroatoms. The van der Waals surface area contributed by atoms with Gasteiger partial charge in [-0.25, -0.2) is 8.42 Å². The maximum absolute atomic E-state index is 12.3. The lowest BCUT2D eigenvalue weighted by Gasteiger charge is -2.26. The predicted octanol–water partition coefficient (Wildman–Crippen LogP) is 1.79. The molecule has 2 aromatic rings. The molecule has 0 spiro atoms. The lowest BCUT2D eigenvalue weighted by atomic mass is 10.0. The zero-order valence-electron chi connectivity index (χ0n) is 12.0. The molecule has 1 aromatic carbocycles. The Balaban J connectivity index is 1.90. The number of carbonyl (C=O) groups is 1. The van der Waals surface area contributed by atoms with Crippen LogP contribution >= 0.6 is 0 Å². The van der Waals surface area contributed by atoms with E-state index in [0.29, 0.717) is 18.5 Å². The van der Waals surface area contributed by atoms with Crippen molar-refractivity contribution in [2.45, 2.75) is 17.7 Å². The van der Waals surface area contributed by atoms with Crippen molar-refractivity contribution in [2.75, 3.05) is 16.7 Å². The number of sulfonamides is 1. The van der Waals surface area contributed by atoms with Gasteiger partial charge in [0.1, 0.15) is 4.90 Å². The van der Waals surface area contributed by atoms with Crippen molar-refractivity contribution < 1.29 is 13.2 Å². The normalized spacial score (nSPS) is 14.6. The number of hydrogen-bond acceptors (Lipinski definition) is 4. The van der Waals surface area contributed by atoms with Crippen LogP contribution in [0.2, 0.25) is 0 Å². The zero-order valence-corrected chi connectivity index (χ0v) is 12.8. The maximum Gasteiger partial charge on any atom is 0.263 e. The third-order valence-electron chi connectivity index (χ3n) is 3.62. The first-order valence-electron chi connectivity index (χ1n) is 6.80. The molecule has 2 heterocycles. The number of amides is 1. The van der Waals surface area contributed by atoms with Gasteiger partial charge < -0.3 is 4.90 Å². The van der Waals surface area contributed by atoms with Crippen LogP contribution in [0.15, 0.2) is 47.6 Å². The summed E-state index contributed by atoms with van der Waals surface area (Å²) in [6, 6.07) is 8.24. The average molecular weight is 317 g/mol. The molecule has 1 amide bonds. The minimum Gasteiger partial charge on any atom is -0.315 e. The first kappa shape index (κ1) is 14.5. The second-order valence-corrected chi connectivity index (χ2v) is 6.77. The molecule has 3 rings (SSSR count). The number of pyridine rings is 1. The predicted molar refractivity (Wildman–Crippen MR) is 83.2 cm³/mol. The first-order valence-corrected chi connectivity index (χ1v) is 8.28. The number of benzene rings is 1. The summed E-state index contributed by atoms with van der Waals surface area (Å²) < 4.78 is 27.1. The van der Waals surface area contributed by atoms with Gasteiger partial charge >= 0.3 is 0 Å². The number of hydrogen-bond donors (Lipinski definition) is 1. The van der Waals surface area contributed by atoms with Crippen molar-refractivity contribution in [3.05, 3.63) is 48.3 Å². The van der Waals surface area contributed by atoms with Crippen LogP contribution in [-0.2, 0) is 21.2 Å². The SMILES string of the molecule is CN1C(=O)CCc2cc(NS(=O)(=O)c3cccnc3)ccc21. The Morgan fingerprint density at radius 1 is 1.23 bits per heavy atom. The quantitative estimate of drug-likeness (QED) is 0.936. The number of rotatable bonds is 3. The van der Waals surface area contributed by atoms with Crippen molar-refractivity contribution in [2.24, 2.45) is 0 Å². The summed E-state index contributed by atoms with van der Waals surface area (Å²) in [6.45, 7) is 0. The highest BCUT2D eigenvalue weighted by Gasteiger charge is 2.22. The van der Waals surface area contributed by atoms with E-state index >= 15 is 0 Å². The van der Waals surface area contributed by atoms with E-state index in [1.54, 1.807) is 36.2 Å². The molecule has 0 unspecified atom stereocenters. The molecule has 22 heavy (non-hydrogen) atoms. The highest BCUT2D eigenvalue weighted by Crippen LogP contribution is 2.29. The van der Waals surface area contributed by atoms with Crippen molar-refractivity contribution >= 4 is 27.3 Å². The fourth-order valence-corrected chi connectivity index (χ4v) is 3.45. The highest BCUT2D eigenvalue weighted by atomic mass is 32.2. The van der Waals surface area contributed by atoms with Crippen LogP contribution in [0.25, 0.3) is 0 Å². The number of nitrogens with one attached hydrogen (secondary N) is 1. The maximum atomic E-state index is 12.3. The Morgan fingerprint density at radius 2 is 2.05 bits per heavy atom. The third kappa shape index (κ3) is 2.67. The fourth-order valence-electron chi connectivity index (χ4n) is 2.44.